The van der Waals surface area contributed by atoms with Gasteiger partial charge in [0.25, 0.3) is 0 Å². The van der Waals surface area contributed by atoms with E-state index in [1.54, 1.807) is 6.33 Å². The van der Waals surface area contributed by atoms with E-state index in [1.165, 1.54) is 0 Å². The number of nitrogens with one attached hydrogen (secondary N) is 3. The molecule has 98 valence electrons. The highest BCUT2D eigenvalue weighted by molar-refractivity contribution is 6.36. The van der Waals surface area contributed by atoms with Gasteiger partial charge >= 0.3 is 0 Å². The smallest absolute Gasteiger partial charge is 0.0921 e. The Morgan fingerprint density at radius 1 is 1.26 bits per heavy atom. The van der Waals surface area contributed by atoms with Crippen molar-refractivity contribution >= 4 is 22.5 Å². The molecule has 0 aliphatic rings. The molecule has 1 aromatic carbocycles. The maximum atomic E-state index is 6.35. The van der Waals surface area contributed by atoms with E-state index >= 15 is 0 Å². The van der Waals surface area contributed by atoms with Crippen LogP contribution in [0.3, 0.4) is 0 Å². The van der Waals surface area contributed by atoms with Gasteiger partial charge in [-0.2, -0.15) is 0 Å². The van der Waals surface area contributed by atoms with Crippen LogP contribution in [0.2, 0.25) is 5.02 Å². The molecule has 0 spiro atoms. The first-order valence-electron chi connectivity index (χ1n) is 6.27. The molecule has 0 saturated heterocycles. The molecule has 0 unspecified atom stereocenters. The van der Waals surface area contributed by atoms with Crippen molar-refractivity contribution in [3.05, 3.63) is 53.2 Å². The highest BCUT2D eigenvalue weighted by atomic mass is 35.5. The fourth-order valence-corrected chi connectivity index (χ4v) is 2.42. The second-order valence-corrected chi connectivity index (χ2v) is 4.84. The first-order chi connectivity index (χ1) is 9.34. The average Bonchev–Trinajstić information content (AvgIpc) is 3.04. The number of fused-ring (bicyclic) bond motifs is 1. The lowest BCUT2D eigenvalue weighted by Gasteiger charge is -2.02. The summed E-state index contributed by atoms with van der Waals surface area (Å²) in [6, 6.07) is 8.07. The number of nitrogens with zero attached hydrogens (tertiary/aromatic N) is 1. The number of halogens is 1. The summed E-state index contributed by atoms with van der Waals surface area (Å²) in [4.78, 5) is 10.4. The predicted molar refractivity (Wildman–Crippen MR) is 77.3 cm³/mol. The van der Waals surface area contributed by atoms with Crippen LogP contribution < -0.4 is 5.32 Å². The molecule has 3 aromatic rings. The van der Waals surface area contributed by atoms with E-state index in [1.807, 2.05) is 30.5 Å². The normalized spacial score (nSPS) is 11.2. The summed E-state index contributed by atoms with van der Waals surface area (Å²) >= 11 is 6.35. The van der Waals surface area contributed by atoms with Crippen LogP contribution >= 0.6 is 11.6 Å². The standard InChI is InChI=1S/C14H15ClN4/c15-14-11-3-1-2-4-12(11)19-13(14)8-16-6-5-10-7-17-9-18-10/h1-4,7,9,16,19H,5-6,8H2,(H,17,18). The van der Waals surface area contributed by atoms with E-state index in [4.69, 9.17) is 11.6 Å². The number of hydrogen-bond acceptors (Lipinski definition) is 2. The monoisotopic (exact) mass is 274 g/mol. The van der Waals surface area contributed by atoms with Crippen LogP contribution in [0, 0.1) is 0 Å². The molecular formula is C14H15ClN4. The Morgan fingerprint density at radius 2 is 2.16 bits per heavy atom. The highest BCUT2D eigenvalue weighted by Gasteiger charge is 2.07. The molecule has 0 aliphatic heterocycles. The number of imidazole rings is 1. The van der Waals surface area contributed by atoms with Gasteiger partial charge in [0.2, 0.25) is 0 Å². The second-order valence-electron chi connectivity index (χ2n) is 4.47. The quantitative estimate of drug-likeness (QED) is 0.627. The molecule has 3 N–H and O–H groups in total. The third-order valence-corrected chi connectivity index (χ3v) is 3.57. The van der Waals surface area contributed by atoms with Crippen molar-refractivity contribution in [3.8, 4) is 0 Å². The van der Waals surface area contributed by atoms with Crippen molar-refractivity contribution in [2.24, 2.45) is 0 Å². The molecule has 2 aromatic heterocycles. The Morgan fingerprint density at radius 3 is 2.95 bits per heavy atom. The van der Waals surface area contributed by atoms with Gasteiger partial charge in [-0.25, -0.2) is 4.98 Å². The molecule has 4 nitrogen and oxygen atoms in total. The van der Waals surface area contributed by atoms with Crippen LogP contribution in [-0.2, 0) is 13.0 Å². The molecule has 2 heterocycles. The molecule has 0 amide bonds. The number of hydrogen-bond donors (Lipinski definition) is 3. The lowest BCUT2D eigenvalue weighted by molar-refractivity contribution is 0.673. The van der Waals surface area contributed by atoms with Gasteiger partial charge in [0, 0.05) is 48.0 Å². The molecule has 0 fully saturated rings. The molecule has 19 heavy (non-hydrogen) atoms. The van der Waals surface area contributed by atoms with Crippen LogP contribution in [0.1, 0.15) is 11.4 Å². The summed E-state index contributed by atoms with van der Waals surface area (Å²) in [6.07, 6.45) is 4.47. The van der Waals surface area contributed by atoms with Crippen LogP contribution in [0.4, 0.5) is 0 Å². The first-order valence-corrected chi connectivity index (χ1v) is 6.65. The number of aromatic amines is 2. The summed E-state index contributed by atoms with van der Waals surface area (Å²) in [7, 11) is 0. The van der Waals surface area contributed by atoms with E-state index in [9.17, 15) is 0 Å². The van der Waals surface area contributed by atoms with Gasteiger partial charge in [-0.3, -0.25) is 0 Å². The molecule has 5 heteroatoms. The third kappa shape index (κ3) is 2.64. The zero-order chi connectivity index (χ0) is 13.1. The molecule has 0 atom stereocenters. The number of H-pyrrole nitrogens is 2. The average molecular weight is 275 g/mol. The Balaban J connectivity index is 1.61. The van der Waals surface area contributed by atoms with Gasteiger partial charge in [0.15, 0.2) is 0 Å². The predicted octanol–water partition coefficient (Wildman–Crippen LogP) is 2.88. The molecule has 0 saturated carbocycles. The van der Waals surface area contributed by atoms with Crippen molar-refractivity contribution in [1.29, 1.82) is 0 Å². The first kappa shape index (κ1) is 12.3. The van der Waals surface area contributed by atoms with Crippen molar-refractivity contribution < 1.29 is 0 Å². The Hall–Kier alpha value is -1.78. The van der Waals surface area contributed by atoms with Gasteiger partial charge in [0.05, 0.1) is 11.3 Å². The lowest BCUT2D eigenvalue weighted by Crippen LogP contribution is -2.17. The maximum absolute atomic E-state index is 6.35. The molecule has 0 radical (unpaired) electrons. The van der Waals surface area contributed by atoms with Gasteiger partial charge in [-0.05, 0) is 6.07 Å². The van der Waals surface area contributed by atoms with E-state index in [2.05, 4.69) is 20.3 Å². The Bertz CT molecular complexity index is 657. The fourth-order valence-electron chi connectivity index (χ4n) is 2.14. The number of rotatable bonds is 5. The minimum atomic E-state index is 0.738. The summed E-state index contributed by atoms with van der Waals surface area (Å²) < 4.78 is 0. The van der Waals surface area contributed by atoms with E-state index in [-0.39, 0.29) is 0 Å². The lowest BCUT2D eigenvalue weighted by atomic mass is 10.2. The summed E-state index contributed by atoms with van der Waals surface area (Å²) in [5.74, 6) is 0. The van der Waals surface area contributed by atoms with E-state index in [0.717, 1.165) is 46.8 Å². The largest absolute Gasteiger partial charge is 0.356 e. The summed E-state index contributed by atoms with van der Waals surface area (Å²) in [6.45, 7) is 1.62. The Kier molecular flexibility index (Phi) is 3.53. The zero-order valence-corrected chi connectivity index (χ0v) is 11.2. The number of benzene rings is 1. The van der Waals surface area contributed by atoms with Gasteiger partial charge < -0.3 is 15.3 Å². The number of para-hydroxylation sites is 1. The van der Waals surface area contributed by atoms with E-state index in [0.29, 0.717) is 0 Å². The fraction of sp³-hybridized carbons (Fsp3) is 0.214. The van der Waals surface area contributed by atoms with Crippen molar-refractivity contribution in [2.45, 2.75) is 13.0 Å². The van der Waals surface area contributed by atoms with Gasteiger partial charge in [-0.15, -0.1) is 0 Å². The van der Waals surface area contributed by atoms with Crippen LogP contribution in [0.15, 0.2) is 36.8 Å². The molecule has 3 rings (SSSR count). The number of aromatic nitrogens is 3. The van der Waals surface area contributed by atoms with Crippen molar-refractivity contribution in [3.63, 3.8) is 0 Å². The zero-order valence-electron chi connectivity index (χ0n) is 10.4. The van der Waals surface area contributed by atoms with Crippen molar-refractivity contribution in [1.82, 2.24) is 20.3 Å². The second kappa shape index (κ2) is 5.47. The topological polar surface area (TPSA) is 56.5 Å². The maximum Gasteiger partial charge on any atom is 0.0921 e. The molecule has 0 bridgehead atoms. The Labute approximate surface area is 116 Å². The van der Waals surface area contributed by atoms with Crippen molar-refractivity contribution in [2.75, 3.05) is 6.54 Å². The van der Waals surface area contributed by atoms with Crippen LogP contribution in [-0.4, -0.2) is 21.5 Å². The summed E-state index contributed by atoms with van der Waals surface area (Å²) in [5, 5.41) is 5.27. The third-order valence-electron chi connectivity index (χ3n) is 3.14. The van der Waals surface area contributed by atoms with Gasteiger partial charge in [0.1, 0.15) is 0 Å². The van der Waals surface area contributed by atoms with Crippen LogP contribution in [0.5, 0.6) is 0 Å². The van der Waals surface area contributed by atoms with Gasteiger partial charge in [-0.1, -0.05) is 29.8 Å². The highest BCUT2D eigenvalue weighted by Crippen LogP contribution is 2.26. The molecular weight excluding hydrogens is 260 g/mol. The van der Waals surface area contributed by atoms with E-state index < -0.39 is 0 Å². The minimum Gasteiger partial charge on any atom is -0.356 e. The van der Waals surface area contributed by atoms with Crippen LogP contribution in [0.25, 0.3) is 10.9 Å². The minimum absolute atomic E-state index is 0.738. The SMILES string of the molecule is Clc1c(CNCCc2cnc[nH]2)[nH]c2ccccc12. The molecule has 0 aliphatic carbocycles. The summed E-state index contributed by atoms with van der Waals surface area (Å²) in [5.41, 5.74) is 3.25.